The number of phosphoric ester groups is 1. The normalized spacial score (nSPS) is 30.5. The van der Waals surface area contributed by atoms with Gasteiger partial charge in [-0.1, -0.05) is 83.1 Å². The maximum absolute atomic E-state index is 12.8. The van der Waals surface area contributed by atoms with Crippen LogP contribution in [0.1, 0.15) is 222 Å². The second-order valence-electron chi connectivity index (χ2n) is 40.9. The first-order valence-corrected chi connectivity index (χ1v) is 43.5. The van der Waals surface area contributed by atoms with Crippen LogP contribution in [0.2, 0.25) is 0 Å². The SMILES string of the molecule is CC(C)(C)C[C@@]12CO[C@@H]([C@H](n3cnc4c(=O)[nH]c(N)nc43)O1)[C@@H]2OC(C)(C)C.CC(C)(C)C[C@@]12CO[C@@H]([C@H](n3cnc4c(=O)[nH]c(N)nc43)O1)[C@@H]2OP(=O)(O)OC(C)(C)C.CC(C)(C)C[C@@]12CO[C@@H]([C@H](n3cnc4c(=O)[nH]c(N)nc43)O1)[C@@H]2OP(O)(=S)OC(C)(C)C.Cc1cn([C@@H]2O[C@@]3(CC(C)(C)C)CO[C@@H]2[C@@H]3OC(C)(C)C)c(=O)nc1N. The van der Waals surface area contributed by atoms with Crippen LogP contribution in [0.5, 0.6) is 0 Å². The third kappa shape index (κ3) is 19.5. The van der Waals surface area contributed by atoms with Crippen molar-refractivity contribution >= 4 is 83.5 Å². The van der Waals surface area contributed by atoms with E-state index in [1.807, 2.05) is 69.2 Å². The van der Waals surface area contributed by atoms with Gasteiger partial charge >= 0.3 is 20.2 Å². The molecule has 8 fully saturated rings. The molecule has 0 aliphatic carbocycles. The summed E-state index contributed by atoms with van der Waals surface area (Å²) in [7, 11) is -4.45. The molecule has 656 valence electrons. The molecule has 7 aromatic rings. The summed E-state index contributed by atoms with van der Waals surface area (Å²) in [6, 6.07) is 0. The molecule has 0 amide bonds. The van der Waals surface area contributed by atoms with E-state index in [2.05, 4.69) is 112 Å². The summed E-state index contributed by atoms with van der Waals surface area (Å²) in [5, 5.41) is 0. The largest absolute Gasteiger partial charge is 0.473 e. The van der Waals surface area contributed by atoms with E-state index in [1.54, 1.807) is 67.8 Å². The fourth-order valence-corrected chi connectivity index (χ4v) is 20.8. The Labute approximate surface area is 688 Å². The number of aromatic nitrogens is 14. The molecule has 13 N–H and O–H groups in total. The average molecular weight is 1720 g/mol. The standard InChI is InChI=1S/C19H30N5O7P.C19H30N5O6PS.C19H29N5O4.C19H31N3O4/c1-17(2,3)7-19-8-28-11(12(19)30-32(26,27)31-18(4,5)6)15(29-19)24-9-21-10-13(24)22-16(20)23-14(10)25;1-17(2,3)7-19-8-27-11(12(19)29-31(26,32)30-18(4,5)6)15(28-19)24-9-21-10-13(24)22-16(20)23-14(10)25;1-17(2,3)7-19-8-26-11(12(19)27-18(4,5)6)15(28-19)24-9-21-10-13(24)22-16(20)23-14(10)25;1-11-8-22(16(23)21-14(11)20)15-12-13(25-18(5,6)7)19(26-15,10-24-12)9-17(2,3)4/h9,11-12,15H,7-8H2,1-6H3,(H,26,27)(H3,20,22,23,25);9,11-12,15H,7-8H2,1-6H3,(H,26,32)(H3,20,22,23,25);9,11-12,15H,7-8H2,1-6H3,(H3,20,22,23,25);8,12-13,15H,9-10H2,1-7H3,(H2,20,21,23)/t11-,12+,15-,19+;11-,12+,15-,19+,31?;11-,12+,15-,19+;12-,13+,15-,19+/m1111/s1. The van der Waals surface area contributed by atoms with Gasteiger partial charge in [-0.05, 0) is 149 Å². The zero-order valence-electron chi connectivity index (χ0n) is 72.1. The van der Waals surface area contributed by atoms with Gasteiger partial charge in [0.2, 0.25) is 17.8 Å². The van der Waals surface area contributed by atoms with Crippen molar-refractivity contribution in [2.24, 2.45) is 21.7 Å². The van der Waals surface area contributed by atoms with Gasteiger partial charge < -0.3 is 84.6 Å². The van der Waals surface area contributed by atoms with Crippen LogP contribution in [0.4, 0.5) is 23.7 Å². The van der Waals surface area contributed by atoms with Crippen molar-refractivity contribution in [2.45, 2.75) is 317 Å². The smallest absolute Gasteiger partial charge is 0.383 e. The number of nitrogens with one attached hydrogen (secondary N) is 3. The lowest BCUT2D eigenvalue weighted by molar-refractivity contribution is -0.189. The van der Waals surface area contributed by atoms with E-state index in [1.165, 1.54) is 17.2 Å². The van der Waals surface area contributed by atoms with Gasteiger partial charge in [-0.3, -0.25) is 61.2 Å². The van der Waals surface area contributed by atoms with E-state index in [-0.39, 0.29) is 128 Å². The lowest BCUT2D eigenvalue weighted by Crippen LogP contribution is -2.47. The quantitative estimate of drug-likeness (QED) is 0.0408. The van der Waals surface area contributed by atoms with Crippen molar-refractivity contribution in [3.8, 4) is 0 Å². The number of hydrogen-bond donors (Lipinski definition) is 9. The number of imidazole rings is 3. The van der Waals surface area contributed by atoms with Crippen LogP contribution >= 0.6 is 14.5 Å². The second kappa shape index (κ2) is 31.0. The molecule has 8 aliphatic heterocycles. The number of fused-ring (bicyclic) bond motifs is 11. The number of rotatable bonds is 16. The summed E-state index contributed by atoms with van der Waals surface area (Å²) < 4.78 is 105. The highest BCUT2D eigenvalue weighted by Gasteiger charge is 2.69. The van der Waals surface area contributed by atoms with Crippen molar-refractivity contribution in [2.75, 3.05) is 49.4 Å². The van der Waals surface area contributed by atoms with Crippen LogP contribution in [0.25, 0.3) is 33.5 Å². The average Bonchev–Trinajstić information content (AvgIpc) is 1.58. The van der Waals surface area contributed by atoms with Crippen molar-refractivity contribution in [1.82, 2.24) is 68.1 Å². The number of ether oxygens (including phenoxy) is 10. The molecule has 15 rings (SSSR count). The Kier molecular flexibility index (Phi) is 23.8. The molecule has 0 spiro atoms. The first-order chi connectivity index (χ1) is 53.9. The third-order valence-electron chi connectivity index (χ3n) is 20.1. The van der Waals surface area contributed by atoms with E-state index >= 15 is 0 Å². The van der Waals surface area contributed by atoms with Gasteiger partial charge in [0.1, 0.15) is 77.1 Å². The zero-order valence-corrected chi connectivity index (χ0v) is 74.7. The van der Waals surface area contributed by atoms with Crippen LogP contribution in [0, 0.1) is 28.6 Å². The number of nitrogens with zero attached hydrogens (tertiary/aromatic N) is 11. The summed E-state index contributed by atoms with van der Waals surface area (Å²) in [5.41, 5.74) is 17.6. The lowest BCUT2D eigenvalue weighted by atomic mass is 9.80. The lowest BCUT2D eigenvalue weighted by Gasteiger charge is -2.38. The Balaban J connectivity index is 0.000000145. The maximum Gasteiger partial charge on any atom is 0.473 e. The fourth-order valence-electron chi connectivity index (χ4n) is 17.2. The molecule has 2 unspecified atom stereocenters. The number of hydrogen-bond acceptors (Lipinski definition) is 31. The molecule has 0 radical (unpaired) electrons. The van der Waals surface area contributed by atoms with E-state index in [0.717, 1.165) is 18.4 Å². The predicted molar refractivity (Wildman–Crippen MR) is 439 cm³/mol. The number of nitrogens with two attached hydrogens (primary N) is 4. The molecule has 8 aliphatic rings. The van der Waals surface area contributed by atoms with Gasteiger partial charge in [0.25, 0.3) is 16.7 Å². The molecule has 0 saturated carbocycles. The highest BCUT2D eigenvalue weighted by Crippen LogP contribution is 2.62. The Hall–Kier alpha value is -6.63. The minimum Gasteiger partial charge on any atom is -0.383 e. The van der Waals surface area contributed by atoms with E-state index in [0.29, 0.717) is 31.7 Å². The topological polar surface area (TPSA) is 516 Å². The minimum atomic E-state index is -4.45. The number of aromatic amines is 3. The summed E-state index contributed by atoms with van der Waals surface area (Å²) in [6.07, 6.45) is 1.96. The maximum atomic E-state index is 12.8. The van der Waals surface area contributed by atoms with Crippen molar-refractivity contribution in [3.63, 3.8) is 0 Å². The molecular weight excluding hydrogens is 1590 g/mol. The van der Waals surface area contributed by atoms with Crippen LogP contribution in [0.3, 0.4) is 0 Å². The predicted octanol–water partition coefficient (Wildman–Crippen LogP) is 8.73. The Bertz CT molecular complexity index is 5070. The van der Waals surface area contributed by atoms with Gasteiger partial charge in [-0.2, -0.15) is 19.9 Å². The second-order valence-corrected chi connectivity index (χ2v) is 44.9. The van der Waals surface area contributed by atoms with Crippen molar-refractivity contribution < 1.29 is 79.8 Å². The number of H-pyrrole nitrogens is 3. The molecule has 7 aromatic heterocycles. The van der Waals surface area contributed by atoms with Crippen LogP contribution < -0.4 is 45.3 Å². The van der Waals surface area contributed by atoms with E-state index in [4.69, 9.17) is 100 Å². The fraction of sp³-hybridized carbons (Fsp3) is 0.750. The zero-order chi connectivity index (χ0) is 87.4. The van der Waals surface area contributed by atoms with Gasteiger partial charge in [0, 0.05) is 11.8 Å². The summed E-state index contributed by atoms with van der Waals surface area (Å²) in [6.45, 7) is 47.4. The van der Waals surface area contributed by atoms with E-state index in [9.17, 15) is 33.5 Å². The summed E-state index contributed by atoms with van der Waals surface area (Å²) >= 11 is 5.32. The summed E-state index contributed by atoms with van der Waals surface area (Å²) in [5.74, 6) is 0.177. The van der Waals surface area contributed by atoms with E-state index < -0.39 is 114 Å². The van der Waals surface area contributed by atoms with Gasteiger partial charge in [0.15, 0.2) is 58.4 Å². The van der Waals surface area contributed by atoms with Crippen LogP contribution in [-0.4, -0.2) is 198 Å². The number of anilines is 4. The van der Waals surface area contributed by atoms with Gasteiger partial charge in [-0.15, -0.1) is 0 Å². The van der Waals surface area contributed by atoms with Gasteiger partial charge in [0.05, 0.1) is 67.8 Å². The monoisotopic (exact) mass is 1710 g/mol. The highest BCUT2D eigenvalue weighted by atomic mass is 32.5. The third-order valence-corrected chi connectivity index (χ3v) is 23.1. The Morgan fingerprint density at radius 2 is 0.737 bits per heavy atom. The Morgan fingerprint density at radius 1 is 0.449 bits per heavy atom. The molecule has 0 aromatic carbocycles. The first-order valence-electron chi connectivity index (χ1n) is 39.4. The molecule has 8 bridgehead atoms. The van der Waals surface area contributed by atoms with Crippen LogP contribution in [0.15, 0.2) is 44.4 Å². The summed E-state index contributed by atoms with van der Waals surface area (Å²) in [4.78, 5) is 107. The molecule has 118 heavy (non-hydrogen) atoms. The minimum absolute atomic E-state index is 0.0173. The van der Waals surface area contributed by atoms with Gasteiger partial charge in [-0.25, -0.2) is 24.3 Å². The molecule has 18 atom stereocenters. The molecular formula is C76H120N18O21P2S. The molecule has 42 heteroatoms. The number of aryl methyl sites for hydroxylation is 1. The first kappa shape index (κ1) is 90.6. The van der Waals surface area contributed by atoms with Crippen molar-refractivity contribution in [1.29, 1.82) is 0 Å². The molecule has 15 heterocycles. The highest BCUT2D eigenvalue weighted by molar-refractivity contribution is 8.07. The Morgan fingerprint density at radius 3 is 1.03 bits per heavy atom. The molecule has 39 nitrogen and oxygen atoms in total. The van der Waals surface area contributed by atoms with Crippen molar-refractivity contribution in [3.05, 3.63) is 72.3 Å². The number of nitrogen functional groups attached to an aromatic ring is 4. The van der Waals surface area contributed by atoms with Crippen LogP contribution in [-0.2, 0) is 81.8 Å². The molecule has 8 saturated heterocycles. The number of phosphoric acid groups is 1.